The first-order chi connectivity index (χ1) is 6.21. The second kappa shape index (κ2) is 3.58. The minimum atomic E-state index is 0.105. The zero-order valence-corrected chi connectivity index (χ0v) is 8.47. The average Bonchev–Trinajstić information content (AvgIpc) is 2.55. The third kappa shape index (κ3) is 1.89. The smallest absolute Gasteiger partial charge is 0.0197 e. The fourth-order valence-corrected chi connectivity index (χ4v) is 3.26. The number of nitrogens with two attached hydrogens (primary N) is 2. The van der Waals surface area contributed by atoms with Gasteiger partial charge in [-0.3, -0.25) is 0 Å². The van der Waals surface area contributed by atoms with Gasteiger partial charge < -0.3 is 11.5 Å². The normalized spacial score (nSPS) is 42.5. The van der Waals surface area contributed by atoms with Gasteiger partial charge in [-0.15, -0.1) is 0 Å². The first-order valence-electron chi connectivity index (χ1n) is 5.75. The van der Waals surface area contributed by atoms with Crippen LogP contribution in [0.25, 0.3) is 0 Å². The maximum absolute atomic E-state index is 6.47. The molecule has 0 spiro atoms. The Morgan fingerprint density at radius 3 is 2.31 bits per heavy atom. The summed E-state index contributed by atoms with van der Waals surface area (Å²) in [5, 5.41) is 0. The molecular formula is C11H22N2. The predicted octanol–water partition coefficient (Wildman–Crippen LogP) is 1.78. The first-order valence-corrected chi connectivity index (χ1v) is 5.75. The van der Waals surface area contributed by atoms with Crippen molar-refractivity contribution in [2.75, 3.05) is 0 Å². The molecule has 2 rings (SSSR count). The van der Waals surface area contributed by atoms with Gasteiger partial charge in [0.1, 0.15) is 0 Å². The van der Waals surface area contributed by atoms with Crippen LogP contribution in [0.15, 0.2) is 0 Å². The van der Waals surface area contributed by atoms with Gasteiger partial charge in [0.2, 0.25) is 0 Å². The maximum atomic E-state index is 6.47. The highest BCUT2D eigenvalue weighted by Crippen LogP contribution is 2.40. The van der Waals surface area contributed by atoms with Crippen molar-refractivity contribution < 1.29 is 0 Å². The van der Waals surface area contributed by atoms with Crippen LogP contribution in [0.1, 0.15) is 51.4 Å². The molecule has 0 aromatic carbocycles. The lowest BCUT2D eigenvalue weighted by Gasteiger charge is -2.41. The van der Waals surface area contributed by atoms with Gasteiger partial charge in [-0.25, -0.2) is 0 Å². The minimum Gasteiger partial charge on any atom is -0.328 e. The summed E-state index contributed by atoms with van der Waals surface area (Å²) in [6.07, 6.45) is 10.2. The Balaban J connectivity index is 2.00. The van der Waals surface area contributed by atoms with E-state index in [1.165, 1.54) is 44.9 Å². The highest BCUT2D eigenvalue weighted by molar-refractivity contribution is 4.98. The Bertz CT molecular complexity index is 175. The fourth-order valence-electron chi connectivity index (χ4n) is 3.26. The van der Waals surface area contributed by atoms with Crippen LogP contribution in [0.4, 0.5) is 0 Å². The zero-order chi connectivity index (χ0) is 9.31. The molecule has 0 heterocycles. The Morgan fingerprint density at radius 1 is 1.00 bits per heavy atom. The monoisotopic (exact) mass is 182 g/mol. The van der Waals surface area contributed by atoms with Crippen molar-refractivity contribution in [2.24, 2.45) is 17.4 Å². The number of hydrogen-bond acceptors (Lipinski definition) is 2. The van der Waals surface area contributed by atoms with Gasteiger partial charge in [0.25, 0.3) is 0 Å². The van der Waals surface area contributed by atoms with Crippen LogP contribution in [0, 0.1) is 5.92 Å². The molecule has 4 N–H and O–H groups in total. The van der Waals surface area contributed by atoms with E-state index in [1.807, 2.05) is 0 Å². The van der Waals surface area contributed by atoms with Crippen molar-refractivity contribution in [2.45, 2.75) is 62.9 Å². The number of rotatable bonds is 1. The topological polar surface area (TPSA) is 52.0 Å². The molecule has 13 heavy (non-hydrogen) atoms. The lowest BCUT2D eigenvalue weighted by atomic mass is 9.71. The molecule has 2 saturated carbocycles. The van der Waals surface area contributed by atoms with Crippen molar-refractivity contribution in [3.05, 3.63) is 0 Å². The summed E-state index contributed by atoms with van der Waals surface area (Å²) >= 11 is 0. The summed E-state index contributed by atoms with van der Waals surface area (Å²) in [6.45, 7) is 0. The largest absolute Gasteiger partial charge is 0.328 e. The maximum Gasteiger partial charge on any atom is 0.0197 e. The molecule has 0 aliphatic heterocycles. The van der Waals surface area contributed by atoms with E-state index in [0.29, 0.717) is 6.04 Å². The third-order valence-electron chi connectivity index (χ3n) is 4.03. The second-order valence-electron chi connectivity index (χ2n) is 5.07. The van der Waals surface area contributed by atoms with E-state index >= 15 is 0 Å². The molecule has 2 nitrogen and oxygen atoms in total. The molecule has 2 aliphatic carbocycles. The average molecular weight is 182 g/mol. The Kier molecular flexibility index (Phi) is 2.61. The SMILES string of the molecule is NC1CCCC(N)(C2CCCC2)C1. The Labute approximate surface area is 81.1 Å². The summed E-state index contributed by atoms with van der Waals surface area (Å²) in [6, 6.07) is 0.374. The number of hydrogen-bond donors (Lipinski definition) is 2. The van der Waals surface area contributed by atoms with Gasteiger partial charge in [0.15, 0.2) is 0 Å². The molecule has 0 radical (unpaired) electrons. The molecule has 2 fully saturated rings. The molecule has 2 unspecified atom stereocenters. The molecule has 0 aromatic heterocycles. The highest BCUT2D eigenvalue weighted by Gasteiger charge is 2.39. The van der Waals surface area contributed by atoms with Crippen molar-refractivity contribution in [1.82, 2.24) is 0 Å². The summed E-state index contributed by atoms with van der Waals surface area (Å²) in [4.78, 5) is 0. The summed E-state index contributed by atoms with van der Waals surface area (Å²) < 4.78 is 0. The van der Waals surface area contributed by atoms with Crippen molar-refractivity contribution >= 4 is 0 Å². The van der Waals surface area contributed by atoms with Crippen LogP contribution in [-0.4, -0.2) is 11.6 Å². The van der Waals surface area contributed by atoms with E-state index in [9.17, 15) is 0 Å². The third-order valence-corrected chi connectivity index (χ3v) is 4.03. The van der Waals surface area contributed by atoms with Gasteiger partial charge >= 0.3 is 0 Å². The molecule has 0 aromatic rings. The van der Waals surface area contributed by atoms with Crippen LogP contribution < -0.4 is 11.5 Å². The van der Waals surface area contributed by atoms with E-state index in [0.717, 1.165) is 12.3 Å². The van der Waals surface area contributed by atoms with Crippen LogP contribution in [0.3, 0.4) is 0 Å². The van der Waals surface area contributed by atoms with Crippen LogP contribution in [0.5, 0.6) is 0 Å². The summed E-state index contributed by atoms with van der Waals surface area (Å²) in [5.74, 6) is 0.777. The van der Waals surface area contributed by atoms with Crippen LogP contribution in [0.2, 0.25) is 0 Å². The van der Waals surface area contributed by atoms with Gasteiger partial charge in [-0.2, -0.15) is 0 Å². The quantitative estimate of drug-likeness (QED) is 0.649. The van der Waals surface area contributed by atoms with E-state index in [4.69, 9.17) is 11.5 Å². The zero-order valence-electron chi connectivity index (χ0n) is 8.47. The standard InChI is InChI=1S/C11H22N2/c12-10-6-3-7-11(13,8-10)9-4-1-2-5-9/h9-10H,1-8,12-13H2. The lowest BCUT2D eigenvalue weighted by molar-refractivity contribution is 0.183. The van der Waals surface area contributed by atoms with E-state index < -0.39 is 0 Å². The lowest BCUT2D eigenvalue weighted by Crippen LogP contribution is -2.52. The minimum absolute atomic E-state index is 0.105. The van der Waals surface area contributed by atoms with Gasteiger partial charge in [-0.1, -0.05) is 19.3 Å². The van der Waals surface area contributed by atoms with Crippen LogP contribution in [-0.2, 0) is 0 Å². The molecule has 76 valence electrons. The Hall–Kier alpha value is -0.0800. The second-order valence-corrected chi connectivity index (χ2v) is 5.07. The highest BCUT2D eigenvalue weighted by atomic mass is 14.8. The van der Waals surface area contributed by atoms with Gasteiger partial charge in [-0.05, 0) is 38.0 Å². The summed E-state index contributed by atoms with van der Waals surface area (Å²) in [7, 11) is 0. The molecule has 0 saturated heterocycles. The van der Waals surface area contributed by atoms with Crippen molar-refractivity contribution in [3.8, 4) is 0 Å². The molecule has 0 amide bonds. The van der Waals surface area contributed by atoms with E-state index in [1.54, 1.807) is 0 Å². The van der Waals surface area contributed by atoms with Crippen LogP contribution >= 0.6 is 0 Å². The van der Waals surface area contributed by atoms with E-state index in [2.05, 4.69) is 0 Å². The molecule has 2 atom stereocenters. The molecular weight excluding hydrogens is 160 g/mol. The molecule has 0 bridgehead atoms. The van der Waals surface area contributed by atoms with Crippen molar-refractivity contribution in [1.29, 1.82) is 0 Å². The molecule has 2 aliphatic rings. The predicted molar refractivity (Wildman–Crippen MR) is 55.3 cm³/mol. The molecule has 2 heteroatoms. The fraction of sp³-hybridized carbons (Fsp3) is 1.00. The first kappa shape index (κ1) is 9.47. The van der Waals surface area contributed by atoms with Gasteiger partial charge in [0.05, 0.1) is 0 Å². The Morgan fingerprint density at radius 2 is 1.69 bits per heavy atom. The summed E-state index contributed by atoms with van der Waals surface area (Å²) in [5.41, 5.74) is 12.6. The van der Waals surface area contributed by atoms with Crippen molar-refractivity contribution in [3.63, 3.8) is 0 Å². The van der Waals surface area contributed by atoms with Gasteiger partial charge in [0, 0.05) is 11.6 Å². The van der Waals surface area contributed by atoms with E-state index in [-0.39, 0.29) is 5.54 Å².